The predicted octanol–water partition coefficient (Wildman–Crippen LogP) is 5.96. The molecule has 0 unspecified atom stereocenters. The molecule has 0 bridgehead atoms. The van der Waals surface area contributed by atoms with Gasteiger partial charge in [-0.1, -0.05) is 51.2 Å². The predicted molar refractivity (Wildman–Crippen MR) is 133 cm³/mol. The van der Waals surface area contributed by atoms with Crippen molar-refractivity contribution < 1.29 is 23.9 Å². The van der Waals surface area contributed by atoms with Crippen LogP contribution in [0.15, 0.2) is 12.1 Å². The lowest BCUT2D eigenvalue weighted by Crippen LogP contribution is -2.51. The zero-order valence-corrected chi connectivity index (χ0v) is 22.4. The number of ketones is 1. The van der Waals surface area contributed by atoms with Crippen LogP contribution in [0.1, 0.15) is 74.0 Å². The lowest BCUT2D eigenvalue weighted by atomic mass is 9.51. The normalized spacial score (nSPS) is 26.2. The number of esters is 2. The third-order valence-electron chi connectivity index (χ3n) is 7.66. The summed E-state index contributed by atoms with van der Waals surface area (Å²) in [6, 6.07) is 2.92. The summed E-state index contributed by atoms with van der Waals surface area (Å²) in [5.74, 6) is -0.420. The molecule has 0 amide bonds. The zero-order valence-electron chi connectivity index (χ0n) is 21.4. The van der Waals surface area contributed by atoms with Gasteiger partial charge in [-0.25, -0.2) is 0 Å². The van der Waals surface area contributed by atoms with Crippen LogP contribution in [0.4, 0.5) is 0 Å². The van der Waals surface area contributed by atoms with Crippen LogP contribution in [0, 0.1) is 11.3 Å². The molecule has 0 aliphatic heterocycles. The minimum absolute atomic E-state index is 0.0445. The monoisotopic (exact) mass is 470 g/mol. The number of allylic oxidation sites excluding steroid dienone is 1. The van der Waals surface area contributed by atoms with Crippen LogP contribution in [0.25, 0.3) is 6.08 Å². The fourth-order valence-corrected chi connectivity index (χ4v) is 6.99. The number of hydrogen-bond acceptors (Lipinski definition) is 5. The third kappa shape index (κ3) is 4.59. The highest BCUT2D eigenvalue weighted by atomic mass is 28.3. The van der Waals surface area contributed by atoms with E-state index in [-0.39, 0.29) is 23.1 Å². The highest BCUT2D eigenvalue weighted by molar-refractivity contribution is 6.76. The number of fused-ring (bicyclic) bond motifs is 3. The van der Waals surface area contributed by atoms with Crippen molar-refractivity contribution >= 4 is 31.9 Å². The van der Waals surface area contributed by atoms with Crippen LogP contribution in [0.5, 0.6) is 5.75 Å². The molecule has 3 rings (SSSR count). The van der Waals surface area contributed by atoms with Crippen molar-refractivity contribution in [2.45, 2.75) is 84.5 Å². The van der Waals surface area contributed by atoms with Crippen LogP contribution in [0.2, 0.25) is 25.7 Å². The van der Waals surface area contributed by atoms with Gasteiger partial charge in [0, 0.05) is 26.3 Å². The highest BCUT2D eigenvalue weighted by Crippen LogP contribution is 2.57. The first-order chi connectivity index (χ1) is 15.2. The van der Waals surface area contributed by atoms with Gasteiger partial charge in [0.1, 0.15) is 5.75 Å². The van der Waals surface area contributed by atoms with Gasteiger partial charge >= 0.3 is 11.9 Å². The maximum atomic E-state index is 12.9. The third-order valence-corrected chi connectivity index (χ3v) is 9.41. The Morgan fingerprint density at radius 3 is 2.33 bits per heavy atom. The summed E-state index contributed by atoms with van der Waals surface area (Å²) in [7, 11) is 0.0581. The molecular formula is C27H38O5Si. The van der Waals surface area contributed by atoms with Crippen molar-refractivity contribution in [1.29, 1.82) is 0 Å². The first kappa shape index (κ1) is 25.4. The number of rotatable bonds is 6. The molecule has 0 heterocycles. The first-order valence-corrected chi connectivity index (χ1v) is 15.6. The molecule has 1 saturated carbocycles. The minimum atomic E-state index is -1.39. The maximum absolute atomic E-state index is 12.9. The summed E-state index contributed by atoms with van der Waals surface area (Å²) in [5, 5.41) is 0. The van der Waals surface area contributed by atoms with Gasteiger partial charge in [-0.05, 0) is 55.9 Å². The topological polar surface area (TPSA) is 69.7 Å². The van der Waals surface area contributed by atoms with Crippen LogP contribution >= 0.6 is 0 Å². The quantitative estimate of drug-likeness (QED) is 0.222. The molecule has 0 N–H and O–H groups in total. The van der Waals surface area contributed by atoms with Crippen LogP contribution < -0.4 is 4.74 Å². The second-order valence-electron chi connectivity index (χ2n) is 11.4. The number of benzene rings is 1. The van der Waals surface area contributed by atoms with Crippen LogP contribution in [-0.2, 0) is 26.2 Å². The van der Waals surface area contributed by atoms with Crippen molar-refractivity contribution in [2.24, 2.45) is 11.3 Å². The molecule has 0 aromatic heterocycles. The molecule has 0 saturated heterocycles. The van der Waals surface area contributed by atoms with Gasteiger partial charge in [0.25, 0.3) is 0 Å². The van der Waals surface area contributed by atoms with Gasteiger partial charge in [-0.2, -0.15) is 0 Å². The van der Waals surface area contributed by atoms with E-state index in [9.17, 15) is 14.4 Å². The Bertz CT molecular complexity index is 1020. The van der Waals surface area contributed by atoms with Crippen LogP contribution in [0.3, 0.4) is 0 Å². The second kappa shape index (κ2) is 8.86. The number of methoxy groups -OCH3 is 1. The SMILES string of the molecule is COC(=O)[C@@]1(C)CCC[C@]2(C)c3cc(OC(C)=O)c(C(C)=O)c(CC[Si](C)(C)C)c3C=C[C@@H]12. The summed E-state index contributed by atoms with van der Waals surface area (Å²) >= 11 is 0. The van der Waals surface area contributed by atoms with Gasteiger partial charge in [0.15, 0.2) is 5.78 Å². The lowest BCUT2D eigenvalue weighted by Gasteiger charge is -2.52. The molecule has 0 radical (unpaired) electrons. The summed E-state index contributed by atoms with van der Waals surface area (Å²) < 4.78 is 10.8. The Kier molecular flexibility index (Phi) is 6.82. The largest absolute Gasteiger partial charge is 0.469 e. The van der Waals surface area contributed by atoms with E-state index in [1.165, 1.54) is 14.0 Å². The Morgan fingerprint density at radius 2 is 1.79 bits per heavy atom. The number of hydrogen-bond donors (Lipinski definition) is 0. The average Bonchev–Trinajstić information content (AvgIpc) is 2.70. The first-order valence-electron chi connectivity index (χ1n) is 11.9. The molecule has 1 aromatic rings. The van der Waals surface area contributed by atoms with E-state index >= 15 is 0 Å². The van der Waals surface area contributed by atoms with Gasteiger partial charge in [0.05, 0.1) is 18.1 Å². The Hall–Kier alpha value is -2.21. The van der Waals surface area contributed by atoms with E-state index < -0.39 is 19.5 Å². The summed E-state index contributed by atoms with van der Waals surface area (Å²) in [6.45, 7) is 14.1. The van der Waals surface area contributed by atoms with Crippen molar-refractivity contribution in [1.82, 2.24) is 0 Å². The van der Waals surface area contributed by atoms with Gasteiger partial charge in [-0.3, -0.25) is 14.4 Å². The maximum Gasteiger partial charge on any atom is 0.312 e. The number of carbonyl (C=O) groups excluding carboxylic acids is 3. The summed E-state index contributed by atoms with van der Waals surface area (Å²) in [6.07, 6.45) is 7.59. The summed E-state index contributed by atoms with van der Waals surface area (Å²) in [5.41, 5.74) is 2.65. The van der Waals surface area contributed by atoms with Gasteiger partial charge in [0.2, 0.25) is 0 Å². The van der Waals surface area contributed by atoms with E-state index in [1.54, 1.807) is 6.92 Å². The lowest BCUT2D eigenvalue weighted by molar-refractivity contribution is -0.158. The zero-order chi connectivity index (χ0) is 24.8. The van der Waals surface area contributed by atoms with Gasteiger partial charge in [-0.15, -0.1) is 0 Å². The number of Topliss-reactive ketones (excluding diaryl/α,β-unsaturated/α-hetero) is 1. The molecule has 33 heavy (non-hydrogen) atoms. The molecule has 2 aliphatic carbocycles. The van der Waals surface area contributed by atoms with E-state index in [4.69, 9.17) is 9.47 Å². The Balaban J connectivity index is 2.29. The summed E-state index contributed by atoms with van der Waals surface area (Å²) in [4.78, 5) is 37.7. The van der Waals surface area contributed by atoms with E-state index in [0.29, 0.717) is 11.3 Å². The minimum Gasteiger partial charge on any atom is -0.469 e. The second-order valence-corrected chi connectivity index (χ2v) is 17.0. The Morgan fingerprint density at radius 1 is 1.12 bits per heavy atom. The highest BCUT2D eigenvalue weighted by Gasteiger charge is 2.55. The Labute approximate surface area is 198 Å². The van der Waals surface area contributed by atoms with Crippen molar-refractivity contribution in [3.05, 3.63) is 34.4 Å². The smallest absolute Gasteiger partial charge is 0.312 e. The fraction of sp³-hybridized carbons (Fsp3) is 0.593. The molecule has 0 spiro atoms. The molecule has 3 atom stereocenters. The van der Waals surface area contributed by atoms with E-state index in [0.717, 1.165) is 48.4 Å². The van der Waals surface area contributed by atoms with Crippen molar-refractivity contribution in [2.75, 3.05) is 7.11 Å². The molecule has 2 aliphatic rings. The average molecular weight is 471 g/mol. The standard InChI is InChI=1S/C27H38O5Si/c1-17(28)24-20(12-15-33(6,7)8)19-10-11-23-26(3,21(19)16-22(24)32-18(2)29)13-9-14-27(23,4)25(30)31-5/h10-11,16,23H,9,12-15H2,1-8H3/t23-,26-,27+/m1/s1. The van der Waals surface area contributed by atoms with Gasteiger partial charge < -0.3 is 9.47 Å². The van der Waals surface area contributed by atoms with Crippen molar-refractivity contribution in [3.8, 4) is 5.75 Å². The molecule has 1 fully saturated rings. The van der Waals surface area contributed by atoms with E-state index in [1.807, 2.05) is 13.0 Å². The molecule has 1 aromatic carbocycles. The number of ether oxygens (including phenoxy) is 2. The number of carbonyl (C=O) groups is 3. The fourth-order valence-electron chi connectivity index (χ4n) is 5.99. The molecule has 6 heteroatoms. The molecule has 180 valence electrons. The van der Waals surface area contributed by atoms with Crippen LogP contribution in [-0.4, -0.2) is 32.9 Å². The molecular weight excluding hydrogens is 432 g/mol. The molecule has 5 nitrogen and oxygen atoms in total. The van der Waals surface area contributed by atoms with E-state index in [2.05, 4.69) is 38.7 Å². The van der Waals surface area contributed by atoms with Crippen molar-refractivity contribution in [3.63, 3.8) is 0 Å².